The number of ketones is 1. The molecule has 0 amide bonds. The van der Waals surface area contributed by atoms with Crippen molar-refractivity contribution in [3.05, 3.63) is 54.2 Å². The van der Waals surface area contributed by atoms with Gasteiger partial charge in [0.05, 0.1) is 25.7 Å². The quantitative estimate of drug-likeness (QED) is 0.490. The second kappa shape index (κ2) is 8.52. The standard InChI is InChI=1S/C22H21NO5/c1-3-28-21(26)11-10-19(24)22-20(25)13-16-5-4-15(12-18(16)23-22)14-6-8-17(27-2)9-7-14/h4-9,12-13,25H,3,10-11H2,1-2H3. The molecule has 0 aliphatic heterocycles. The first kappa shape index (κ1) is 19.4. The lowest BCUT2D eigenvalue weighted by molar-refractivity contribution is -0.143. The zero-order chi connectivity index (χ0) is 20.1. The molecule has 2 aromatic carbocycles. The Morgan fingerprint density at radius 1 is 1.00 bits per heavy atom. The maximum absolute atomic E-state index is 12.4. The van der Waals surface area contributed by atoms with Crippen LogP contribution in [0.5, 0.6) is 11.5 Å². The molecule has 1 N–H and O–H groups in total. The first-order chi connectivity index (χ1) is 13.5. The van der Waals surface area contributed by atoms with Crippen LogP contribution >= 0.6 is 0 Å². The molecule has 0 saturated carbocycles. The minimum absolute atomic E-state index is 0.0383. The molecule has 1 heterocycles. The summed E-state index contributed by atoms with van der Waals surface area (Å²) in [5.41, 5.74) is 2.46. The van der Waals surface area contributed by atoms with E-state index in [-0.39, 0.29) is 30.9 Å². The zero-order valence-corrected chi connectivity index (χ0v) is 15.8. The van der Waals surface area contributed by atoms with Gasteiger partial charge in [0.15, 0.2) is 5.78 Å². The van der Waals surface area contributed by atoms with Crippen molar-refractivity contribution in [2.75, 3.05) is 13.7 Å². The number of ether oxygens (including phenoxy) is 2. The molecule has 0 aliphatic carbocycles. The highest BCUT2D eigenvalue weighted by molar-refractivity contribution is 6.00. The highest BCUT2D eigenvalue weighted by Gasteiger charge is 2.16. The molecule has 28 heavy (non-hydrogen) atoms. The highest BCUT2D eigenvalue weighted by Crippen LogP contribution is 2.28. The van der Waals surface area contributed by atoms with Gasteiger partial charge in [-0.1, -0.05) is 24.3 Å². The van der Waals surface area contributed by atoms with Gasteiger partial charge in [-0.25, -0.2) is 4.98 Å². The lowest BCUT2D eigenvalue weighted by Gasteiger charge is -2.08. The fourth-order valence-electron chi connectivity index (χ4n) is 2.89. The summed E-state index contributed by atoms with van der Waals surface area (Å²) in [5.74, 6) is -0.277. The Labute approximate surface area is 162 Å². The van der Waals surface area contributed by atoms with E-state index >= 15 is 0 Å². The van der Waals surface area contributed by atoms with Gasteiger partial charge in [-0.2, -0.15) is 0 Å². The fourth-order valence-corrected chi connectivity index (χ4v) is 2.89. The van der Waals surface area contributed by atoms with Crippen molar-refractivity contribution >= 4 is 22.7 Å². The third-order valence-electron chi connectivity index (χ3n) is 4.35. The van der Waals surface area contributed by atoms with Gasteiger partial charge < -0.3 is 14.6 Å². The number of esters is 1. The summed E-state index contributed by atoms with van der Waals surface area (Å²) in [6.45, 7) is 1.97. The number of carbonyl (C=O) groups excluding carboxylic acids is 2. The van der Waals surface area contributed by atoms with E-state index in [4.69, 9.17) is 9.47 Å². The van der Waals surface area contributed by atoms with Gasteiger partial charge in [-0.15, -0.1) is 0 Å². The maximum atomic E-state index is 12.4. The van der Waals surface area contributed by atoms with Gasteiger partial charge in [0.25, 0.3) is 0 Å². The van der Waals surface area contributed by atoms with Crippen molar-refractivity contribution < 1.29 is 24.2 Å². The Hall–Kier alpha value is -3.41. The van der Waals surface area contributed by atoms with Gasteiger partial charge in [-0.05, 0) is 42.3 Å². The number of carbonyl (C=O) groups is 2. The number of aromatic hydroxyl groups is 1. The van der Waals surface area contributed by atoms with Crippen LogP contribution in [0.3, 0.4) is 0 Å². The predicted molar refractivity (Wildman–Crippen MR) is 106 cm³/mol. The largest absolute Gasteiger partial charge is 0.506 e. The first-order valence-electron chi connectivity index (χ1n) is 8.99. The van der Waals surface area contributed by atoms with Gasteiger partial charge in [-0.3, -0.25) is 9.59 Å². The van der Waals surface area contributed by atoms with Crippen LogP contribution in [0.1, 0.15) is 30.3 Å². The van der Waals surface area contributed by atoms with Crippen LogP contribution in [-0.2, 0) is 9.53 Å². The summed E-state index contributed by atoms with van der Waals surface area (Å²) in [5, 5.41) is 10.9. The van der Waals surface area contributed by atoms with E-state index in [1.165, 1.54) is 6.07 Å². The van der Waals surface area contributed by atoms with Crippen LogP contribution in [0.4, 0.5) is 0 Å². The minimum Gasteiger partial charge on any atom is -0.506 e. The molecule has 144 valence electrons. The monoisotopic (exact) mass is 379 g/mol. The second-order valence-corrected chi connectivity index (χ2v) is 6.22. The van der Waals surface area contributed by atoms with E-state index in [9.17, 15) is 14.7 Å². The van der Waals surface area contributed by atoms with Crippen LogP contribution in [0, 0.1) is 0 Å². The number of methoxy groups -OCH3 is 1. The minimum atomic E-state index is -0.446. The average Bonchev–Trinajstić information content (AvgIpc) is 2.71. The molecule has 0 radical (unpaired) electrons. The molecule has 1 aromatic heterocycles. The number of nitrogens with zero attached hydrogens (tertiary/aromatic N) is 1. The summed E-state index contributed by atoms with van der Waals surface area (Å²) < 4.78 is 10.0. The SMILES string of the molecule is CCOC(=O)CCC(=O)c1nc2cc(-c3ccc(OC)cc3)ccc2cc1O. The highest BCUT2D eigenvalue weighted by atomic mass is 16.5. The molecule has 0 saturated heterocycles. The van der Waals surface area contributed by atoms with Crippen LogP contribution < -0.4 is 4.74 Å². The van der Waals surface area contributed by atoms with Crippen molar-refractivity contribution in [3.63, 3.8) is 0 Å². The average molecular weight is 379 g/mol. The third kappa shape index (κ3) is 4.28. The first-order valence-corrected chi connectivity index (χ1v) is 8.99. The van der Waals surface area contributed by atoms with Crippen molar-refractivity contribution in [3.8, 4) is 22.6 Å². The Morgan fingerprint density at radius 2 is 1.71 bits per heavy atom. The van der Waals surface area contributed by atoms with Crippen LogP contribution in [0.25, 0.3) is 22.0 Å². The molecule has 0 fully saturated rings. The summed E-state index contributed by atoms with van der Waals surface area (Å²) in [6, 6.07) is 14.7. The topological polar surface area (TPSA) is 85.7 Å². The van der Waals surface area contributed by atoms with E-state index < -0.39 is 11.8 Å². The van der Waals surface area contributed by atoms with Crippen LogP contribution in [-0.4, -0.2) is 35.6 Å². The molecular formula is C22H21NO5. The molecule has 0 spiro atoms. The predicted octanol–water partition coefficient (Wildman–Crippen LogP) is 4.14. The zero-order valence-electron chi connectivity index (χ0n) is 15.8. The molecule has 0 atom stereocenters. The van der Waals surface area contributed by atoms with E-state index in [0.717, 1.165) is 22.3 Å². The Balaban J connectivity index is 1.89. The second-order valence-electron chi connectivity index (χ2n) is 6.22. The van der Waals surface area contributed by atoms with Gasteiger partial charge in [0.2, 0.25) is 0 Å². The Bertz CT molecular complexity index is 1010. The number of pyridine rings is 1. The smallest absolute Gasteiger partial charge is 0.306 e. The fraction of sp³-hybridized carbons (Fsp3) is 0.227. The molecule has 0 unspecified atom stereocenters. The molecule has 3 rings (SSSR count). The number of Topliss-reactive ketones (excluding diaryl/α,β-unsaturated/α-hetero) is 1. The van der Waals surface area contributed by atoms with Crippen LogP contribution in [0.15, 0.2) is 48.5 Å². The molecule has 0 bridgehead atoms. The van der Waals surface area contributed by atoms with Crippen molar-refractivity contribution in [2.24, 2.45) is 0 Å². The summed E-state index contributed by atoms with van der Waals surface area (Å²) in [7, 11) is 1.61. The third-order valence-corrected chi connectivity index (χ3v) is 4.35. The van der Waals surface area contributed by atoms with E-state index in [2.05, 4.69) is 4.98 Å². The van der Waals surface area contributed by atoms with Gasteiger partial charge >= 0.3 is 5.97 Å². The van der Waals surface area contributed by atoms with Crippen molar-refractivity contribution in [2.45, 2.75) is 19.8 Å². The number of hydrogen-bond acceptors (Lipinski definition) is 6. The number of aromatic nitrogens is 1. The molecule has 6 heteroatoms. The van der Waals surface area contributed by atoms with Crippen molar-refractivity contribution in [1.82, 2.24) is 4.98 Å². The number of hydrogen-bond donors (Lipinski definition) is 1. The van der Waals surface area contributed by atoms with E-state index in [1.54, 1.807) is 14.0 Å². The summed E-state index contributed by atoms with van der Waals surface area (Å²) in [4.78, 5) is 28.2. The Kier molecular flexibility index (Phi) is 5.89. The molecular weight excluding hydrogens is 358 g/mol. The van der Waals surface area contributed by atoms with Gasteiger partial charge in [0, 0.05) is 11.8 Å². The number of rotatable bonds is 7. The number of benzene rings is 2. The summed E-state index contributed by atoms with van der Waals surface area (Å²) >= 11 is 0. The molecule has 6 nitrogen and oxygen atoms in total. The van der Waals surface area contributed by atoms with E-state index in [0.29, 0.717) is 5.52 Å². The Morgan fingerprint density at radius 3 is 2.39 bits per heavy atom. The molecule has 0 aliphatic rings. The van der Waals surface area contributed by atoms with Crippen LogP contribution in [0.2, 0.25) is 0 Å². The summed E-state index contributed by atoms with van der Waals surface area (Å²) in [6.07, 6.45) is -0.110. The molecule has 3 aromatic rings. The van der Waals surface area contributed by atoms with E-state index in [1.807, 2.05) is 42.5 Å². The van der Waals surface area contributed by atoms with Gasteiger partial charge in [0.1, 0.15) is 17.2 Å². The lowest BCUT2D eigenvalue weighted by atomic mass is 10.0. The normalized spacial score (nSPS) is 10.6. The lowest BCUT2D eigenvalue weighted by Crippen LogP contribution is -2.09. The van der Waals surface area contributed by atoms with Crippen molar-refractivity contribution in [1.29, 1.82) is 0 Å². The maximum Gasteiger partial charge on any atom is 0.306 e. The number of fused-ring (bicyclic) bond motifs is 1.